The van der Waals surface area contributed by atoms with E-state index < -0.39 is 5.60 Å². The molecule has 17 heavy (non-hydrogen) atoms. The number of nitrogens with zero attached hydrogens (tertiary/aromatic N) is 1. The number of nitrogens with one attached hydrogen (secondary N) is 1. The van der Waals surface area contributed by atoms with Crippen LogP contribution in [0.5, 0.6) is 0 Å². The highest BCUT2D eigenvalue weighted by molar-refractivity contribution is 7.98. The number of rotatable bonds is 5. The molecule has 0 radical (unpaired) electrons. The van der Waals surface area contributed by atoms with Gasteiger partial charge in [-0.2, -0.15) is 17.0 Å². The molecule has 1 aromatic carbocycles. The molecule has 4 nitrogen and oxygen atoms in total. The van der Waals surface area contributed by atoms with E-state index in [1.807, 2.05) is 6.26 Å². The van der Waals surface area contributed by atoms with Gasteiger partial charge in [-0.25, -0.2) is 0 Å². The Morgan fingerprint density at radius 3 is 2.88 bits per heavy atom. The molecule has 0 bridgehead atoms. The minimum Gasteiger partial charge on any atom is -0.399 e. The summed E-state index contributed by atoms with van der Waals surface area (Å²) in [4.78, 5) is 0. The molecule has 0 fully saturated rings. The first-order chi connectivity index (χ1) is 7.98. The first-order valence-electron chi connectivity index (χ1n) is 5.23. The molecule has 0 aliphatic rings. The van der Waals surface area contributed by atoms with Crippen molar-refractivity contribution in [2.24, 2.45) is 0 Å². The summed E-state index contributed by atoms with van der Waals surface area (Å²) in [6.45, 7) is 2.16. The predicted molar refractivity (Wildman–Crippen MR) is 73.1 cm³/mol. The van der Waals surface area contributed by atoms with Crippen molar-refractivity contribution in [1.29, 1.82) is 5.26 Å². The van der Waals surface area contributed by atoms with E-state index >= 15 is 0 Å². The first-order valence-corrected chi connectivity index (χ1v) is 6.63. The molecule has 1 atom stereocenters. The molecule has 0 heterocycles. The summed E-state index contributed by atoms with van der Waals surface area (Å²) in [6, 6.07) is 7.17. The second-order valence-corrected chi connectivity index (χ2v) is 5.07. The zero-order chi connectivity index (χ0) is 12.9. The fraction of sp³-hybridized carbons (Fsp3) is 0.417. The van der Waals surface area contributed by atoms with Crippen molar-refractivity contribution < 1.29 is 5.11 Å². The van der Waals surface area contributed by atoms with E-state index in [9.17, 15) is 5.11 Å². The van der Waals surface area contributed by atoms with Gasteiger partial charge in [0, 0.05) is 18.0 Å². The van der Waals surface area contributed by atoms with Crippen molar-refractivity contribution in [2.75, 3.05) is 29.6 Å². The van der Waals surface area contributed by atoms with Gasteiger partial charge in [-0.1, -0.05) is 0 Å². The van der Waals surface area contributed by atoms with Gasteiger partial charge in [0.1, 0.15) is 6.07 Å². The molecule has 5 heteroatoms. The van der Waals surface area contributed by atoms with Gasteiger partial charge in [-0.15, -0.1) is 0 Å². The zero-order valence-electron chi connectivity index (χ0n) is 10.0. The Bertz CT molecular complexity index is 426. The van der Waals surface area contributed by atoms with Gasteiger partial charge in [0.15, 0.2) is 0 Å². The highest BCUT2D eigenvalue weighted by atomic mass is 32.2. The molecule has 0 aromatic heterocycles. The average Bonchev–Trinajstić information content (AvgIpc) is 2.27. The van der Waals surface area contributed by atoms with Gasteiger partial charge >= 0.3 is 0 Å². The molecule has 0 aliphatic carbocycles. The number of aliphatic hydroxyl groups is 1. The van der Waals surface area contributed by atoms with Gasteiger partial charge in [0.2, 0.25) is 0 Å². The fourth-order valence-corrected chi connectivity index (χ4v) is 2.18. The van der Waals surface area contributed by atoms with Crippen LogP contribution in [0.3, 0.4) is 0 Å². The van der Waals surface area contributed by atoms with Crippen LogP contribution < -0.4 is 11.1 Å². The number of anilines is 2. The summed E-state index contributed by atoms with van der Waals surface area (Å²) in [5.74, 6) is 0.636. The third-order valence-electron chi connectivity index (χ3n) is 2.28. The van der Waals surface area contributed by atoms with E-state index in [0.29, 0.717) is 29.2 Å². The number of nitrogens with two attached hydrogens (primary N) is 1. The van der Waals surface area contributed by atoms with E-state index in [0.717, 1.165) is 0 Å². The van der Waals surface area contributed by atoms with Crippen LogP contribution in [0.25, 0.3) is 0 Å². The molecule has 92 valence electrons. The number of nitrogen functional groups attached to an aromatic ring is 1. The van der Waals surface area contributed by atoms with Crippen LogP contribution in [0.4, 0.5) is 11.4 Å². The Morgan fingerprint density at radius 1 is 1.59 bits per heavy atom. The van der Waals surface area contributed by atoms with Gasteiger partial charge < -0.3 is 16.2 Å². The van der Waals surface area contributed by atoms with E-state index in [2.05, 4.69) is 11.4 Å². The van der Waals surface area contributed by atoms with Crippen molar-refractivity contribution in [3.63, 3.8) is 0 Å². The Hall–Kier alpha value is -1.38. The number of thioether (sulfide) groups is 1. The number of hydrogen-bond acceptors (Lipinski definition) is 5. The van der Waals surface area contributed by atoms with Crippen molar-refractivity contribution in [1.82, 2.24) is 0 Å². The van der Waals surface area contributed by atoms with Crippen LogP contribution in [0.2, 0.25) is 0 Å². The van der Waals surface area contributed by atoms with Crippen LogP contribution in [0.15, 0.2) is 18.2 Å². The largest absolute Gasteiger partial charge is 0.399 e. The summed E-state index contributed by atoms with van der Waals surface area (Å²) in [5, 5.41) is 22.0. The van der Waals surface area contributed by atoms with Crippen LogP contribution in [0, 0.1) is 11.3 Å². The quantitative estimate of drug-likeness (QED) is 0.693. The van der Waals surface area contributed by atoms with Crippen LogP contribution in [0.1, 0.15) is 12.5 Å². The summed E-state index contributed by atoms with van der Waals surface area (Å²) < 4.78 is 0. The molecule has 1 rings (SSSR count). The molecule has 0 amide bonds. The minimum atomic E-state index is -0.798. The fourth-order valence-electron chi connectivity index (χ4n) is 1.46. The van der Waals surface area contributed by atoms with Crippen LogP contribution in [-0.2, 0) is 0 Å². The van der Waals surface area contributed by atoms with Crippen LogP contribution in [-0.4, -0.2) is 29.3 Å². The van der Waals surface area contributed by atoms with Gasteiger partial charge in [-0.05, 0) is 31.4 Å². The lowest BCUT2D eigenvalue weighted by Crippen LogP contribution is -2.36. The summed E-state index contributed by atoms with van der Waals surface area (Å²) in [6.07, 6.45) is 1.94. The molecule has 1 aromatic rings. The molecular weight excluding hydrogens is 234 g/mol. The maximum Gasteiger partial charge on any atom is 0.101 e. The van der Waals surface area contributed by atoms with Gasteiger partial charge in [0.25, 0.3) is 0 Å². The van der Waals surface area contributed by atoms with Crippen molar-refractivity contribution in [2.45, 2.75) is 12.5 Å². The molecule has 0 saturated heterocycles. The second kappa shape index (κ2) is 5.80. The first kappa shape index (κ1) is 13.7. The van der Waals surface area contributed by atoms with E-state index in [1.54, 1.807) is 36.9 Å². The lowest BCUT2D eigenvalue weighted by Gasteiger charge is -2.23. The van der Waals surface area contributed by atoms with Gasteiger partial charge in [-0.3, -0.25) is 0 Å². The lowest BCUT2D eigenvalue weighted by atomic mass is 10.1. The number of benzene rings is 1. The third kappa shape index (κ3) is 4.17. The average molecular weight is 251 g/mol. The second-order valence-electron chi connectivity index (χ2n) is 4.20. The van der Waals surface area contributed by atoms with E-state index in [-0.39, 0.29) is 0 Å². The Labute approximate surface area is 106 Å². The normalized spacial score (nSPS) is 13.8. The monoisotopic (exact) mass is 251 g/mol. The van der Waals surface area contributed by atoms with Crippen molar-refractivity contribution >= 4 is 23.1 Å². The maximum absolute atomic E-state index is 10.0. The zero-order valence-corrected chi connectivity index (χ0v) is 10.8. The van der Waals surface area contributed by atoms with E-state index in [1.165, 1.54) is 0 Å². The highest BCUT2D eigenvalue weighted by Crippen LogP contribution is 2.19. The number of nitriles is 1. The number of hydrogen-bond donors (Lipinski definition) is 3. The smallest absolute Gasteiger partial charge is 0.101 e. The van der Waals surface area contributed by atoms with E-state index in [4.69, 9.17) is 11.0 Å². The highest BCUT2D eigenvalue weighted by Gasteiger charge is 2.19. The van der Waals surface area contributed by atoms with Crippen molar-refractivity contribution in [3.8, 4) is 6.07 Å². The SMILES string of the molecule is CSCC(C)(O)CNc1ccc(N)cc1C#N. The minimum absolute atomic E-state index is 0.395. The molecule has 0 saturated carbocycles. The Kier molecular flexibility index (Phi) is 4.67. The predicted octanol–water partition coefficient (Wildman–Crippen LogP) is 1.67. The maximum atomic E-state index is 10.0. The lowest BCUT2D eigenvalue weighted by molar-refractivity contribution is 0.0997. The molecular formula is C12H17N3OS. The molecule has 1 unspecified atom stereocenters. The third-order valence-corrected chi connectivity index (χ3v) is 3.19. The summed E-state index contributed by atoms with van der Waals surface area (Å²) >= 11 is 1.58. The topological polar surface area (TPSA) is 82.1 Å². The van der Waals surface area contributed by atoms with Gasteiger partial charge in [0.05, 0.1) is 16.9 Å². The Morgan fingerprint density at radius 2 is 2.29 bits per heavy atom. The molecule has 4 N–H and O–H groups in total. The standard InChI is InChI=1S/C12H17N3OS/c1-12(16,8-17-2)7-15-11-4-3-10(14)5-9(11)6-13/h3-5,15-16H,7-8,14H2,1-2H3. The summed E-state index contributed by atoms with van der Waals surface area (Å²) in [5.41, 5.74) is 6.55. The molecule has 0 spiro atoms. The Balaban J connectivity index is 2.73. The molecule has 0 aliphatic heterocycles. The summed E-state index contributed by atoms with van der Waals surface area (Å²) in [7, 11) is 0. The van der Waals surface area contributed by atoms with Crippen molar-refractivity contribution in [3.05, 3.63) is 23.8 Å². The van der Waals surface area contributed by atoms with Crippen LogP contribution >= 0.6 is 11.8 Å².